The van der Waals surface area contributed by atoms with Gasteiger partial charge in [0, 0.05) is 26.0 Å². The zero-order valence-corrected chi connectivity index (χ0v) is 7.71. The van der Waals surface area contributed by atoms with Crippen LogP contribution in [0, 0.1) is 0 Å². The molecule has 0 fully saturated rings. The number of nitrogens with zero attached hydrogens (tertiary/aromatic N) is 1. The van der Waals surface area contributed by atoms with E-state index in [4.69, 9.17) is 5.73 Å². The summed E-state index contributed by atoms with van der Waals surface area (Å²) in [6, 6.07) is 1.57. The molecule has 68 valence electrons. The Morgan fingerprint density at radius 2 is 2.25 bits per heavy atom. The highest BCUT2D eigenvalue weighted by Gasteiger charge is 2.13. The van der Waals surface area contributed by atoms with Crippen molar-refractivity contribution in [3.05, 3.63) is 18.5 Å². The molecule has 0 radical (unpaired) electrons. The van der Waals surface area contributed by atoms with Crippen molar-refractivity contribution >= 4 is 9.84 Å². The van der Waals surface area contributed by atoms with Crippen molar-refractivity contribution in [3.8, 4) is 0 Å². The van der Waals surface area contributed by atoms with Gasteiger partial charge in [-0.1, -0.05) is 0 Å². The van der Waals surface area contributed by atoms with Gasteiger partial charge in [-0.05, 0) is 6.07 Å². The molecule has 0 saturated carbocycles. The topological polar surface area (TPSA) is 65.1 Å². The first-order chi connectivity index (χ1) is 5.56. The fourth-order valence-corrected chi connectivity index (χ4v) is 2.08. The third-order valence-electron chi connectivity index (χ3n) is 1.55. The lowest BCUT2D eigenvalue weighted by atomic mass is 10.7. The standard InChI is InChI=1S/C7H12N2O2S/c1-9-4-2-7(6-9)12(10,11)5-3-8/h2,4,6H,3,5,8H2,1H3. The van der Waals surface area contributed by atoms with E-state index in [0.29, 0.717) is 4.90 Å². The molecule has 1 rings (SSSR count). The summed E-state index contributed by atoms with van der Waals surface area (Å²) in [4.78, 5) is 0.343. The zero-order valence-electron chi connectivity index (χ0n) is 6.90. The summed E-state index contributed by atoms with van der Waals surface area (Å²) in [5.41, 5.74) is 5.17. The van der Waals surface area contributed by atoms with Crippen molar-refractivity contribution < 1.29 is 8.42 Å². The molecule has 0 aliphatic heterocycles. The molecule has 0 atom stereocenters. The number of nitrogens with two attached hydrogens (primary N) is 1. The molecule has 0 saturated heterocycles. The van der Waals surface area contributed by atoms with Gasteiger partial charge in [0.2, 0.25) is 0 Å². The Bertz CT molecular complexity index is 353. The van der Waals surface area contributed by atoms with Crippen LogP contribution in [0.5, 0.6) is 0 Å². The van der Waals surface area contributed by atoms with Gasteiger partial charge in [0.25, 0.3) is 0 Å². The number of aromatic nitrogens is 1. The number of hydrogen-bond donors (Lipinski definition) is 1. The third-order valence-corrected chi connectivity index (χ3v) is 3.28. The molecule has 1 aromatic rings. The van der Waals surface area contributed by atoms with Crippen LogP contribution in [-0.4, -0.2) is 25.3 Å². The smallest absolute Gasteiger partial charge is 0.181 e. The molecule has 0 aromatic carbocycles. The van der Waals surface area contributed by atoms with Crippen LogP contribution >= 0.6 is 0 Å². The lowest BCUT2D eigenvalue weighted by Gasteiger charge is -1.97. The Labute approximate surface area is 71.9 Å². The molecule has 0 spiro atoms. The van der Waals surface area contributed by atoms with Crippen molar-refractivity contribution in [2.24, 2.45) is 12.8 Å². The number of rotatable bonds is 3. The molecule has 1 aromatic heterocycles. The largest absolute Gasteiger partial charge is 0.356 e. The van der Waals surface area contributed by atoms with Crippen molar-refractivity contribution in [1.82, 2.24) is 4.57 Å². The zero-order chi connectivity index (χ0) is 9.19. The van der Waals surface area contributed by atoms with Gasteiger partial charge >= 0.3 is 0 Å². The summed E-state index contributed by atoms with van der Waals surface area (Å²) in [5.74, 6) is 0.0109. The van der Waals surface area contributed by atoms with Gasteiger partial charge < -0.3 is 10.3 Å². The van der Waals surface area contributed by atoms with Crippen LogP contribution in [-0.2, 0) is 16.9 Å². The normalized spacial score (nSPS) is 11.8. The highest BCUT2D eigenvalue weighted by molar-refractivity contribution is 7.91. The first-order valence-electron chi connectivity index (χ1n) is 3.61. The van der Waals surface area contributed by atoms with E-state index >= 15 is 0 Å². The first-order valence-corrected chi connectivity index (χ1v) is 5.26. The fraction of sp³-hybridized carbons (Fsp3) is 0.429. The molecule has 4 nitrogen and oxygen atoms in total. The Kier molecular flexibility index (Phi) is 2.54. The Morgan fingerprint density at radius 1 is 1.58 bits per heavy atom. The summed E-state index contributed by atoms with van der Waals surface area (Å²) in [7, 11) is -1.36. The predicted molar refractivity (Wildman–Crippen MR) is 46.5 cm³/mol. The van der Waals surface area contributed by atoms with E-state index < -0.39 is 9.84 Å². The van der Waals surface area contributed by atoms with Crippen LogP contribution in [0.3, 0.4) is 0 Å². The Balaban J connectivity index is 2.98. The molecule has 0 bridgehead atoms. The van der Waals surface area contributed by atoms with E-state index in [2.05, 4.69) is 0 Å². The van der Waals surface area contributed by atoms with Gasteiger partial charge in [0.1, 0.15) is 0 Å². The minimum absolute atomic E-state index is 0.0109. The molecular formula is C7H12N2O2S. The maximum Gasteiger partial charge on any atom is 0.181 e. The molecule has 0 unspecified atom stereocenters. The number of aryl methyl sites for hydroxylation is 1. The van der Waals surface area contributed by atoms with Crippen molar-refractivity contribution in [1.29, 1.82) is 0 Å². The molecule has 2 N–H and O–H groups in total. The van der Waals surface area contributed by atoms with Gasteiger partial charge in [0.05, 0.1) is 10.6 Å². The Hall–Kier alpha value is -0.810. The second-order valence-electron chi connectivity index (χ2n) is 2.62. The molecule has 1 heterocycles. The second kappa shape index (κ2) is 3.28. The molecule has 0 amide bonds. The monoisotopic (exact) mass is 188 g/mol. The summed E-state index contributed by atoms with van der Waals surface area (Å²) < 4.78 is 24.4. The van der Waals surface area contributed by atoms with Crippen LogP contribution in [0.1, 0.15) is 0 Å². The van der Waals surface area contributed by atoms with Gasteiger partial charge in [-0.2, -0.15) is 0 Å². The van der Waals surface area contributed by atoms with Crippen LogP contribution in [0.15, 0.2) is 23.4 Å². The first kappa shape index (κ1) is 9.28. The van der Waals surface area contributed by atoms with Crippen molar-refractivity contribution in [2.75, 3.05) is 12.3 Å². The minimum atomic E-state index is -3.14. The van der Waals surface area contributed by atoms with Gasteiger partial charge in [0.15, 0.2) is 9.84 Å². The van der Waals surface area contributed by atoms with Gasteiger partial charge in [-0.15, -0.1) is 0 Å². The maximum atomic E-state index is 11.4. The van der Waals surface area contributed by atoms with E-state index in [1.54, 1.807) is 30.1 Å². The van der Waals surface area contributed by atoms with Crippen LogP contribution in [0.25, 0.3) is 0 Å². The van der Waals surface area contributed by atoms with Crippen molar-refractivity contribution in [2.45, 2.75) is 4.90 Å². The quantitative estimate of drug-likeness (QED) is 0.711. The molecule has 5 heteroatoms. The van der Waals surface area contributed by atoms with Gasteiger partial charge in [-0.25, -0.2) is 8.42 Å². The number of hydrogen-bond acceptors (Lipinski definition) is 3. The summed E-state index contributed by atoms with van der Waals surface area (Å²) in [6.45, 7) is 0.164. The van der Waals surface area contributed by atoms with Crippen molar-refractivity contribution in [3.63, 3.8) is 0 Å². The van der Waals surface area contributed by atoms with E-state index in [1.807, 2.05) is 0 Å². The fourth-order valence-electron chi connectivity index (χ4n) is 0.935. The lowest BCUT2D eigenvalue weighted by Crippen LogP contribution is -2.15. The highest BCUT2D eigenvalue weighted by Crippen LogP contribution is 2.09. The molecule has 0 aliphatic rings. The van der Waals surface area contributed by atoms with Gasteiger partial charge in [-0.3, -0.25) is 0 Å². The average molecular weight is 188 g/mol. The van der Waals surface area contributed by atoms with Crippen LogP contribution < -0.4 is 5.73 Å². The van der Waals surface area contributed by atoms with E-state index in [-0.39, 0.29) is 12.3 Å². The third kappa shape index (κ3) is 1.86. The molecular weight excluding hydrogens is 176 g/mol. The average Bonchev–Trinajstić information content (AvgIpc) is 2.36. The number of sulfone groups is 1. The highest BCUT2D eigenvalue weighted by atomic mass is 32.2. The SMILES string of the molecule is Cn1ccc(S(=O)(=O)CCN)c1. The maximum absolute atomic E-state index is 11.4. The predicted octanol–water partition coefficient (Wildman–Crippen LogP) is -0.243. The summed E-state index contributed by atoms with van der Waals surface area (Å²) >= 11 is 0. The molecule has 12 heavy (non-hydrogen) atoms. The van der Waals surface area contributed by atoms with Crippen LogP contribution in [0.4, 0.5) is 0 Å². The van der Waals surface area contributed by atoms with E-state index in [0.717, 1.165) is 0 Å². The lowest BCUT2D eigenvalue weighted by molar-refractivity contribution is 0.595. The van der Waals surface area contributed by atoms with E-state index in [1.165, 1.54) is 0 Å². The van der Waals surface area contributed by atoms with Crippen LogP contribution in [0.2, 0.25) is 0 Å². The second-order valence-corrected chi connectivity index (χ2v) is 4.73. The van der Waals surface area contributed by atoms with E-state index in [9.17, 15) is 8.42 Å². The minimum Gasteiger partial charge on any atom is -0.356 e. The Morgan fingerprint density at radius 3 is 2.67 bits per heavy atom. The summed E-state index contributed by atoms with van der Waals surface area (Å²) in [6.07, 6.45) is 3.27. The summed E-state index contributed by atoms with van der Waals surface area (Å²) in [5, 5.41) is 0. The molecule has 0 aliphatic carbocycles.